The summed E-state index contributed by atoms with van der Waals surface area (Å²) in [4.78, 5) is 31.3. The highest BCUT2D eigenvalue weighted by atomic mass is 32.1. The molecule has 2 aliphatic heterocycles. The number of fused-ring (bicyclic) bond motifs is 1. The molecule has 0 spiro atoms. The van der Waals surface area contributed by atoms with Gasteiger partial charge in [-0.15, -0.1) is 11.3 Å². The number of aliphatic hydroxyl groups excluding tert-OH is 1. The zero-order valence-electron chi connectivity index (χ0n) is 15.9. The number of hydrogen-bond acceptors (Lipinski definition) is 7. The minimum atomic E-state index is -0.958. The van der Waals surface area contributed by atoms with Crippen LogP contribution in [0.1, 0.15) is 17.2 Å². The van der Waals surface area contributed by atoms with Crippen molar-refractivity contribution in [1.29, 1.82) is 0 Å². The molecule has 1 fully saturated rings. The van der Waals surface area contributed by atoms with Crippen LogP contribution in [-0.2, 0) is 9.59 Å². The number of anilines is 1. The monoisotopic (exact) mass is 438 g/mol. The fourth-order valence-corrected chi connectivity index (χ4v) is 4.34. The highest BCUT2D eigenvalue weighted by Crippen LogP contribution is 2.43. The zero-order chi connectivity index (χ0) is 21.5. The lowest BCUT2D eigenvalue weighted by Gasteiger charge is -2.23. The predicted octanol–water partition coefficient (Wildman–Crippen LogP) is 3.68. The molecule has 0 aliphatic carbocycles. The van der Waals surface area contributed by atoms with Gasteiger partial charge in [-0.05, 0) is 35.9 Å². The molecule has 9 heteroatoms. The van der Waals surface area contributed by atoms with Gasteiger partial charge >= 0.3 is 5.91 Å². The molecule has 3 heterocycles. The Morgan fingerprint density at radius 3 is 2.55 bits per heavy atom. The second-order valence-electron chi connectivity index (χ2n) is 6.89. The summed E-state index contributed by atoms with van der Waals surface area (Å²) in [5, 5.41) is 13.1. The molecule has 0 saturated carbocycles. The van der Waals surface area contributed by atoms with Crippen molar-refractivity contribution in [2.24, 2.45) is 0 Å². The summed E-state index contributed by atoms with van der Waals surface area (Å²) in [7, 11) is 0. The molecule has 156 valence electrons. The lowest BCUT2D eigenvalue weighted by atomic mass is 9.95. The van der Waals surface area contributed by atoms with Crippen molar-refractivity contribution in [2.75, 3.05) is 18.1 Å². The smallest absolute Gasteiger partial charge is 0.301 e. The maximum absolute atomic E-state index is 13.5. The van der Waals surface area contributed by atoms with Crippen LogP contribution in [0.4, 0.5) is 9.52 Å². The third kappa shape index (κ3) is 3.23. The van der Waals surface area contributed by atoms with E-state index >= 15 is 0 Å². The molecule has 1 atom stereocenters. The van der Waals surface area contributed by atoms with E-state index in [1.807, 2.05) is 0 Å². The average Bonchev–Trinajstić information content (AvgIpc) is 3.40. The van der Waals surface area contributed by atoms with Gasteiger partial charge in [0.25, 0.3) is 5.78 Å². The van der Waals surface area contributed by atoms with Gasteiger partial charge in [-0.3, -0.25) is 14.5 Å². The molecule has 7 nitrogen and oxygen atoms in total. The van der Waals surface area contributed by atoms with E-state index in [9.17, 15) is 19.1 Å². The van der Waals surface area contributed by atoms with E-state index in [0.717, 1.165) is 0 Å². The summed E-state index contributed by atoms with van der Waals surface area (Å²) >= 11 is 1.18. The summed E-state index contributed by atoms with van der Waals surface area (Å²) in [5.74, 6) is -1.52. The van der Waals surface area contributed by atoms with E-state index in [0.29, 0.717) is 41.0 Å². The molecule has 3 aromatic rings. The fourth-order valence-electron chi connectivity index (χ4n) is 3.67. The van der Waals surface area contributed by atoms with Gasteiger partial charge in [0, 0.05) is 17.1 Å². The summed E-state index contributed by atoms with van der Waals surface area (Å²) < 4.78 is 24.6. The number of benzene rings is 2. The Morgan fingerprint density at radius 1 is 1.10 bits per heavy atom. The first-order chi connectivity index (χ1) is 15.0. The zero-order valence-corrected chi connectivity index (χ0v) is 16.8. The van der Waals surface area contributed by atoms with Crippen molar-refractivity contribution < 1.29 is 28.6 Å². The number of carbonyl (C=O) groups excluding carboxylic acids is 2. The van der Waals surface area contributed by atoms with Gasteiger partial charge in [-0.2, -0.15) is 0 Å². The second kappa shape index (κ2) is 7.51. The molecular weight excluding hydrogens is 423 g/mol. The number of hydrogen-bond donors (Lipinski definition) is 1. The lowest BCUT2D eigenvalue weighted by molar-refractivity contribution is -0.132. The maximum atomic E-state index is 13.5. The standard InChI is InChI=1S/C22H15FN2O5S/c23-14-4-1-12(2-5-14)18-17(20(27)21(28)25(18)22-24-7-10-31-22)19(26)13-3-6-15-16(11-13)30-9-8-29-15/h1-7,10-11,18,26H,8-9H2/b19-17+/t18-/m0/s1. The SMILES string of the molecule is O=C1C(=O)N(c2nccs2)[C@@H](c2ccc(F)cc2)/C1=C(\O)c1ccc2c(c1)OCCO2. The number of halogens is 1. The fraction of sp³-hybridized carbons (Fsp3) is 0.136. The number of ketones is 1. The molecule has 0 bridgehead atoms. The molecule has 1 saturated heterocycles. The van der Waals surface area contributed by atoms with Gasteiger partial charge in [0.15, 0.2) is 16.6 Å². The number of aromatic nitrogens is 1. The van der Waals surface area contributed by atoms with Gasteiger partial charge in [0.05, 0.1) is 11.6 Å². The minimum Gasteiger partial charge on any atom is -0.507 e. The Labute approximate surface area is 180 Å². The van der Waals surface area contributed by atoms with Crippen molar-refractivity contribution in [3.8, 4) is 11.5 Å². The first-order valence-corrected chi connectivity index (χ1v) is 10.3. The summed E-state index contributed by atoms with van der Waals surface area (Å²) in [6.45, 7) is 0.781. The van der Waals surface area contributed by atoms with E-state index < -0.39 is 23.5 Å². The van der Waals surface area contributed by atoms with E-state index in [-0.39, 0.29) is 11.3 Å². The average molecular weight is 438 g/mol. The molecule has 1 aromatic heterocycles. The Bertz CT molecular complexity index is 1210. The van der Waals surface area contributed by atoms with Crippen molar-refractivity contribution in [1.82, 2.24) is 4.98 Å². The van der Waals surface area contributed by atoms with Crippen molar-refractivity contribution in [2.45, 2.75) is 6.04 Å². The van der Waals surface area contributed by atoms with Crippen LogP contribution in [0.2, 0.25) is 0 Å². The highest BCUT2D eigenvalue weighted by molar-refractivity contribution is 7.14. The minimum absolute atomic E-state index is 0.108. The Morgan fingerprint density at radius 2 is 1.84 bits per heavy atom. The van der Waals surface area contributed by atoms with Crippen LogP contribution in [0.3, 0.4) is 0 Å². The van der Waals surface area contributed by atoms with Gasteiger partial charge in [-0.25, -0.2) is 9.37 Å². The summed E-state index contributed by atoms with van der Waals surface area (Å²) in [6, 6.07) is 9.24. The van der Waals surface area contributed by atoms with Crippen LogP contribution in [0.5, 0.6) is 11.5 Å². The van der Waals surface area contributed by atoms with Crippen molar-refractivity contribution >= 4 is 33.9 Å². The van der Waals surface area contributed by atoms with Crippen LogP contribution in [-0.4, -0.2) is 35.0 Å². The van der Waals surface area contributed by atoms with Crippen LogP contribution in [0.25, 0.3) is 5.76 Å². The topological polar surface area (TPSA) is 89.0 Å². The number of rotatable bonds is 3. The normalized spacial score (nSPS) is 19.6. The predicted molar refractivity (Wildman–Crippen MR) is 111 cm³/mol. The first kappa shape index (κ1) is 19.3. The van der Waals surface area contributed by atoms with Crippen molar-refractivity contribution in [3.05, 3.63) is 76.6 Å². The first-order valence-electron chi connectivity index (χ1n) is 9.40. The number of carbonyl (C=O) groups is 2. The molecule has 31 heavy (non-hydrogen) atoms. The third-order valence-corrected chi connectivity index (χ3v) is 5.84. The Balaban J connectivity index is 1.68. The number of aliphatic hydroxyl groups is 1. The largest absolute Gasteiger partial charge is 0.507 e. The van der Waals surface area contributed by atoms with Gasteiger partial charge in [0.2, 0.25) is 0 Å². The van der Waals surface area contributed by atoms with Gasteiger partial charge in [0.1, 0.15) is 24.8 Å². The molecule has 5 rings (SSSR count). The molecule has 1 N–H and O–H groups in total. The van der Waals surface area contributed by atoms with E-state index in [1.54, 1.807) is 23.6 Å². The Kier molecular flexibility index (Phi) is 4.67. The lowest BCUT2D eigenvalue weighted by Crippen LogP contribution is -2.29. The Hall–Kier alpha value is -3.72. The number of thiazole rings is 1. The molecule has 1 amide bonds. The van der Waals surface area contributed by atoms with Crippen LogP contribution in [0, 0.1) is 5.82 Å². The molecule has 2 aromatic carbocycles. The summed E-state index contributed by atoms with van der Waals surface area (Å²) in [6.07, 6.45) is 1.52. The van der Waals surface area contributed by atoms with Crippen LogP contribution >= 0.6 is 11.3 Å². The van der Waals surface area contributed by atoms with E-state index in [1.165, 1.54) is 46.7 Å². The molecule has 0 radical (unpaired) electrons. The molecular formula is C22H15FN2O5S. The molecule has 2 aliphatic rings. The van der Waals surface area contributed by atoms with Gasteiger partial charge < -0.3 is 14.6 Å². The second-order valence-corrected chi connectivity index (χ2v) is 7.77. The number of ether oxygens (including phenoxy) is 2. The number of nitrogens with zero attached hydrogens (tertiary/aromatic N) is 2. The van der Waals surface area contributed by atoms with Crippen LogP contribution in [0.15, 0.2) is 59.6 Å². The highest BCUT2D eigenvalue weighted by Gasteiger charge is 2.48. The quantitative estimate of drug-likeness (QED) is 0.381. The van der Waals surface area contributed by atoms with E-state index in [4.69, 9.17) is 9.47 Å². The van der Waals surface area contributed by atoms with Gasteiger partial charge in [-0.1, -0.05) is 12.1 Å². The number of Topliss-reactive ketones (excluding diaryl/α,β-unsaturated/α-hetero) is 1. The third-order valence-electron chi connectivity index (χ3n) is 5.07. The molecule has 0 unspecified atom stereocenters. The number of amides is 1. The van der Waals surface area contributed by atoms with Crippen LogP contribution < -0.4 is 14.4 Å². The summed E-state index contributed by atoms with van der Waals surface area (Å²) in [5.41, 5.74) is 0.659. The van der Waals surface area contributed by atoms with E-state index in [2.05, 4.69) is 4.98 Å². The van der Waals surface area contributed by atoms with Crippen molar-refractivity contribution in [3.63, 3.8) is 0 Å². The maximum Gasteiger partial charge on any atom is 0.301 e.